The molecule has 0 atom stereocenters. The SMILES string of the molecule is CCCCN(c1ccccc1)S(=O)(=O)c1ccc2c(c1)CCCN2C(C)=O. The molecular weight excluding hydrogens is 360 g/mol. The molecule has 0 fully saturated rings. The van der Waals surface area contributed by atoms with Crippen LogP contribution in [0.4, 0.5) is 11.4 Å². The number of amides is 1. The molecule has 0 aliphatic carbocycles. The summed E-state index contributed by atoms with van der Waals surface area (Å²) in [5, 5.41) is 0. The number of unbranched alkanes of at least 4 members (excludes halogenated alkanes) is 1. The van der Waals surface area contributed by atoms with E-state index in [4.69, 9.17) is 0 Å². The first-order valence-electron chi connectivity index (χ1n) is 9.44. The zero-order valence-electron chi connectivity index (χ0n) is 15.9. The van der Waals surface area contributed by atoms with Crippen LogP contribution in [0.25, 0.3) is 0 Å². The molecule has 144 valence electrons. The Hall–Kier alpha value is -2.34. The van der Waals surface area contributed by atoms with E-state index in [-0.39, 0.29) is 10.8 Å². The number of hydrogen-bond donors (Lipinski definition) is 0. The molecule has 0 saturated carbocycles. The van der Waals surface area contributed by atoms with Gasteiger partial charge in [0.15, 0.2) is 0 Å². The van der Waals surface area contributed by atoms with Gasteiger partial charge in [0.05, 0.1) is 10.6 Å². The third kappa shape index (κ3) is 4.00. The number of nitrogens with zero attached hydrogens (tertiary/aromatic N) is 2. The fraction of sp³-hybridized carbons (Fsp3) is 0.381. The van der Waals surface area contributed by atoms with Gasteiger partial charge >= 0.3 is 0 Å². The number of hydrogen-bond acceptors (Lipinski definition) is 3. The zero-order chi connectivity index (χ0) is 19.4. The van der Waals surface area contributed by atoms with Crippen molar-refractivity contribution in [3.8, 4) is 0 Å². The van der Waals surface area contributed by atoms with E-state index in [9.17, 15) is 13.2 Å². The molecule has 5 nitrogen and oxygen atoms in total. The van der Waals surface area contributed by atoms with E-state index in [0.29, 0.717) is 18.8 Å². The van der Waals surface area contributed by atoms with Gasteiger partial charge in [0.1, 0.15) is 0 Å². The summed E-state index contributed by atoms with van der Waals surface area (Å²) in [7, 11) is -3.67. The van der Waals surface area contributed by atoms with Gasteiger partial charge in [0, 0.05) is 25.7 Å². The Balaban J connectivity index is 2.01. The maximum atomic E-state index is 13.4. The molecule has 0 spiro atoms. The van der Waals surface area contributed by atoms with Gasteiger partial charge in [-0.2, -0.15) is 0 Å². The Kier molecular flexibility index (Phi) is 5.85. The van der Waals surface area contributed by atoms with Crippen LogP contribution in [-0.2, 0) is 21.2 Å². The number of rotatable bonds is 6. The number of aryl methyl sites for hydroxylation is 1. The van der Waals surface area contributed by atoms with E-state index < -0.39 is 10.0 Å². The smallest absolute Gasteiger partial charge is 0.264 e. The van der Waals surface area contributed by atoms with E-state index in [1.807, 2.05) is 37.3 Å². The minimum atomic E-state index is -3.67. The van der Waals surface area contributed by atoms with Crippen molar-refractivity contribution < 1.29 is 13.2 Å². The summed E-state index contributed by atoms with van der Waals surface area (Å²) in [6.07, 6.45) is 3.32. The average Bonchev–Trinajstić information content (AvgIpc) is 2.68. The molecule has 0 N–H and O–H groups in total. The lowest BCUT2D eigenvalue weighted by molar-refractivity contribution is -0.116. The van der Waals surface area contributed by atoms with E-state index >= 15 is 0 Å². The summed E-state index contributed by atoms with van der Waals surface area (Å²) in [5.41, 5.74) is 2.42. The van der Waals surface area contributed by atoms with Crippen LogP contribution in [0.15, 0.2) is 53.4 Å². The highest BCUT2D eigenvalue weighted by atomic mass is 32.2. The number of anilines is 2. The Morgan fingerprint density at radius 1 is 1.15 bits per heavy atom. The predicted molar refractivity (Wildman–Crippen MR) is 109 cm³/mol. The molecule has 1 heterocycles. The van der Waals surface area contributed by atoms with Crippen molar-refractivity contribution in [2.24, 2.45) is 0 Å². The van der Waals surface area contributed by atoms with Crippen LogP contribution in [-0.4, -0.2) is 27.4 Å². The van der Waals surface area contributed by atoms with Crippen molar-refractivity contribution in [2.75, 3.05) is 22.3 Å². The molecule has 0 unspecified atom stereocenters. The second kappa shape index (κ2) is 8.13. The third-order valence-electron chi connectivity index (χ3n) is 4.90. The average molecular weight is 387 g/mol. The molecule has 27 heavy (non-hydrogen) atoms. The van der Waals surface area contributed by atoms with E-state index in [1.165, 1.54) is 4.31 Å². The molecule has 0 aromatic heterocycles. The molecule has 0 bridgehead atoms. The molecule has 1 aliphatic heterocycles. The summed E-state index contributed by atoms with van der Waals surface area (Å²) in [4.78, 5) is 13.9. The maximum absolute atomic E-state index is 13.4. The van der Waals surface area contributed by atoms with Crippen LogP contribution in [0.1, 0.15) is 38.7 Å². The van der Waals surface area contributed by atoms with Crippen LogP contribution < -0.4 is 9.21 Å². The predicted octanol–water partition coefficient (Wildman–Crippen LogP) is 3.98. The normalized spacial score (nSPS) is 13.9. The highest BCUT2D eigenvalue weighted by Gasteiger charge is 2.27. The van der Waals surface area contributed by atoms with Gasteiger partial charge in [-0.05, 0) is 55.2 Å². The van der Waals surface area contributed by atoms with Crippen molar-refractivity contribution >= 4 is 27.3 Å². The van der Waals surface area contributed by atoms with Crippen molar-refractivity contribution in [3.05, 3.63) is 54.1 Å². The highest BCUT2D eigenvalue weighted by Crippen LogP contribution is 2.32. The Labute approximate surface area is 161 Å². The second-order valence-electron chi connectivity index (χ2n) is 6.83. The van der Waals surface area contributed by atoms with Gasteiger partial charge in [0.2, 0.25) is 5.91 Å². The number of carbonyl (C=O) groups excluding carboxylic acids is 1. The van der Waals surface area contributed by atoms with E-state index in [0.717, 1.165) is 36.9 Å². The summed E-state index contributed by atoms with van der Waals surface area (Å²) < 4.78 is 28.3. The van der Waals surface area contributed by atoms with Crippen molar-refractivity contribution in [1.29, 1.82) is 0 Å². The molecule has 3 rings (SSSR count). The van der Waals surface area contributed by atoms with Gasteiger partial charge in [0.25, 0.3) is 10.0 Å². The summed E-state index contributed by atoms with van der Waals surface area (Å²) >= 11 is 0. The first kappa shape index (κ1) is 19.4. The van der Waals surface area contributed by atoms with Crippen LogP contribution >= 0.6 is 0 Å². The minimum absolute atomic E-state index is 0.0135. The Bertz CT molecular complexity index is 910. The standard InChI is InChI=1S/C21H26N2O3S/c1-3-4-15-23(19-10-6-5-7-11-19)27(25,26)20-12-13-21-18(16-20)9-8-14-22(21)17(2)24/h5-7,10-13,16H,3-4,8-9,14-15H2,1-2H3. The molecule has 1 amide bonds. The van der Waals surface area contributed by atoms with Crippen molar-refractivity contribution in [2.45, 2.75) is 44.4 Å². The van der Waals surface area contributed by atoms with Crippen molar-refractivity contribution in [3.63, 3.8) is 0 Å². The fourth-order valence-electron chi connectivity index (χ4n) is 3.47. The lowest BCUT2D eigenvalue weighted by Gasteiger charge is -2.30. The number of sulfonamides is 1. The van der Waals surface area contributed by atoms with E-state index in [1.54, 1.807) is 30.0 Å². The molecule has 0 saturated heterocycles. The first-order valence-corrected chi connectivity index (χ1v) is 10.9. The fourth-order valence-corrected chi connectivity index (χ4v) is 5.03. The van der Waals surface area contributed by atoms with Crippen LogP contribution in [0.2, 0.25) is 0 Å². The largest absolute Gasteiger partial charge is 0.312 e. The number of fused-ring (bicyclic) bond motifs is 1. The maximum Gasteiger partial charge on any atom is 0.264 e. The lowest BCUT2D eigenvalue weighted by atomic mass is 10.0. The monoisotopic (exact) mass is 386 g/mol. The highest BCUT2D eigenvalue weighted by molar-refractivity contribution is 7.92. The number of carbonyl (C=O) groups is 1. The van der Waals surface area contributed by atoms with Gasteiger partial charge in [-0.15, -0.1) is 0 Å². The number of benzene rings is 2. The molecule has 2 aromatic carbocycles. The topological polar surface area (TPSA) is 57.7 Å². The summed E-state index contributed by atoms with van der Waals surface area (Å²) in [6, 6.07) is 14.4. The van der Waals surface area contributed by atoms with Gasteiger partial charge in [-0.1, -0.05) is 31.5 Å². The van der Waals surface area contributed by atoms with E-state index in [2.05, 4.69) is 0 Å². The molecule has 1 aliphatic rings. The minimum Gasteiger partial charge on any atom is -0.312 e. The van der Waals surface area contributed by atoms with Gasteiger partial charge in [-0.25, -0.2) is 8.42 Å². The lowest BCUT2D eigenvalue weighted by Crippen LogP contribution is -2.34. The number of para-hydroxylation sites is 1. The molecule has 6 heteroatoms. The van der Waals surface area contributed by atoms with Crippen LogP contribution in [0.3, 0.4) is 0 Å². The molecule has 0 radical (unpaired) electrons. The summed E-state index contributed by atoms with van der Waals surface area (Å²) in [5.74, 6) is -0.0135. The van der Waals surface area contributed by atoms with Crippen LogP contribution in [0, 0.1) is 0 Å². The Morgan fingerprint density at radius 3 is 2.56 bits per heavy atom. The van der Waals surface area contributed by atoms with Gasteiger partial charge in [-0.3, -0.25) is 9.10 Å². The molecule has 2 aromatic rings. The summed E-state index contributed by atoms with van der Waals surface area (Å²) in [6.45, 7) is 4.72. The van der Waals surface area contributed by atoms with Crippen LogP contribution in [0.5, 0.6) is 0 Å². The quantitative estimate of drug-likeness (QED) is 0.754. The third-order valence-corrected chi connectivity index (χ3v) is 6.72. The molecular formula is C21H26N2O3S. The Morgan fingerprint density at radius 2 is 1.89 bits per heavy atom. The second-order valence-corrected chi connectivity index (χ2v) is 8.69. The zero-order valence-corrected chi connectivity index (χ0v) is 16.7. The first-order chi connectivity index (χ1) is 12.9. The van der Waals surface area contributed by atoms with Gasteiger partial charge < -0.3 is 4.90 Å². The van der Waals surface area contributed by atoms with Crippen molar-refractivity contribution in [1.82, 2.24) is 0 Å².